The standard InChI is InChI=1S/C15H21N5O/c1-10(20-4-2-3-5-20)8-17-14-7-13-11(6-12(14)16)15(21)19-9-18-13/h6-7,9-10,17H,2-5,8,16H2,1H3,(H,18,19,21). The lowest BCUT2D eigenvalue weighted by atomic mass is 10.2. The number of nitrogen functional groups attached to an aromatic ring is 1. The zero-order chi connectivity index (χ0) is 14.8. The number of nitrogens with two attached hydrogens (primary N) is 1. The molecule has 0 amide bonds. The molecule has 1 aliphatic rings. The van der Waals surface area contributed by atoms with Crippen LogP contribution in [-0.4, -0.2) is 40.5 Å². The van der Waals surface area contributed by atoms with Gasteiger partial charge in [-0.1, -0.05) is 0 Å². The monoisotopic (exact) mass is 287 g/mol. The normalized spacial score (nSPS) is 17.2. The van der Waals surface area contributed by atoms with E-state index in [1.807, 2.05) is 6.07 Å². The molecule has 6 nitrogen and oxygen atoms in total. The van der Waals surface area contributed by atoms with Gasteiger partial charge in [0.15, 0.2) is 0 Å². The topological polar surface area (TPSA) is 87.0 Å². The van der Waals surface area contributed by atoms with Gasteiger partial charge in [0.2, 0.25) is 0 Å². The van der Waals surface area contributed by atoms with Crippen molar-refractivity contribution in [2.75, 3.05) is 30.7 Å². The number of benzene rings is 1. The summed E-state index contributed by atoms with van der Waals surface area (Å²) in [5, 5.41) is 3.90. The van der Waals surface area contributed by atoms with Crippen molar-refractivity contribution >= 4 is 22.3 Å². The zero-order valence-electron chi connectivity index (χ0n) is 12.2. The third kappa shape index (κ3) is 2.85. The van der Waals surface area contributed by atoms with E-state index in [0.717, 1.165) is 12.2 Å². The highest BCUT2D eigenvalue weighted by Gasteiger charge is 2.18. The molecule has 2 aromatic rings. The van der Waals surface area contributed by atoms with Crippen LogP contribution in [0.2, 0.25) is 0 Å². The maximum Gasteiger partial charge on any atom is 0.258 e. The SMILES string of the molecule is CC(CNc1cc2nc[nH]c(=O)c2cc1N)N1CCCC1. The largest absolute Gasteiger partial charge is 0.397 e. The van der Waals surface area contributed by atoms with Crippen molar-refractivity contribution in [1.29, 1.82) is 0 Å². The third-order valence-electron chi connectivity index (χ3n) is 4.16. The highest BCUT2D eigenvalue weighted by atomic mass is 16.1. The van der Waals surface area contributed by atoms with Gasteiger partial charge in [0.25, 0.3) is 5.56 Å². The van der Waals surface area contributed by atoms with E-state index >= 15 is 0 Å². The van der Waals surface area contributed by atoms with Gasteiger partial charge in [0.05, 0.1) is 28.6 Å². The first-order valence-electron chi connectivity index (χ1n) is 7.40. The first-order valence-corrected chi connectivity index (χ1v) is 7.40. The van der Waals surface area contributed by atoms with Crippen LogP contribution < -0.4 is 16.6 Å². The molecule has 1 aromatic carbocycles. The summed E-state index contributed by atoms with van der Waals surface area (Å²) in [6.07, 6.45) is 3.99. The molecule has 21 heavy (non-hydrogen) atoms. The van der Waals surface area contributed by atoms with Crippen molar-refractivity contribution < 1.29 is 0 Å². The van der Waals surface area contributed by atoms with Crippen molar-refractivity contribution in [3.05, 3.63) is 28.8 Å². The molecule has 1 fully saturated rings. The Morgan fingerprint density at radius 1 is 1.43 bits per heavy atom. The maximum atomic E-state index is 11.7. The molecule has 0 saturated carbocycles. The average molecular weight is 287 g/mol. The Morgan fingerprint density at radius 2 is 2.19 bits per heavy atom. The van der Waals surface area contributed by atoms with Gasteiger partial charge in [-0.3, -0.25) is 9.69 Å². The van der Waals surface area contributed by atoms with Gasteiger partial charge in [-0.2, -0.15) is 0 Å². The highest BCUT2D eigenvalue weighted by molar-refractivity contribution is 5.88. The molecule has 1 atom stereocenters. The lowest BCUT2D eigenvalue weighted by molar-refractivity contribution is 0.269. The van der Waals surface area contributed by atoms with Crippen LogP contribution >= 0.6 is 0 Å². The van der Waals surface area contributed by atoms with Crippen LogP contribution in [0.3, 0.4) is 0 Å². The summed E-state index contributed by atoms with van der Waals surface area (Å²) in [5.41, 5.74) is 7.95. The lowest BCUT2D eigenvalue weighted by Crippen LogP contribution is -2.35. The highest BCUT2D eigenvalue weighted by Crippen LogP contribution is 2.23. The van der Waals surface area contributed by atoms with Crippen LogP contribution in [0.1, 0.15) is 19.8 Å². The fraction of sp³-hybridized carbons (Fsp3) is 0.467. The number of likely N-dealkylation sites (tertiary alicyclic amines) is 1. The number of aromatic amines is 1. The first kappa shape index (κ1) is 13.9. The number of H-pyrrole nitrogens is 1. The van der Waals surface area contributed by atoms with E-state index in [4.69, 9.17) is 5.73 Å². The van der Waals surface area contributed by atoms with Crippen molar-refractivity contribution in [3.63, 3.8) is 0 Å². The quantitative estimate of drug-likeness (QED) is 0.740. The van der Waals surface area contributed by atoms with Gasteiger partial charge >= 0.3 is 0 Å². The van der Waals surface area contributed by atoms with Crippen LogP contribution in [0.5, 0.6) is 0 Å². The van der Waals surface area contributed by atoms with Gasteiger partial charge in [-0.25, -0.2) is 4.98 Å². The van der Waals surface area contributed by atoms with E-state index in [0.29, 0.717) is 22.6 Å². The van der Waals surface area contributed by atoms with Crippen LogP contribution in [0, 0.1) is 0 Å². The van der Waals surface area contributed by atoms with Gasteiger partial charge in [-0.05, 0) is 45.0 Å². The number of rotatable bonds is 4. The molecular formula is C15H21N5O. The van der Waals surface area contributed by atoms with Crippen LogP contribution in [0.25, 0.3) is 10.9 Å². The van der Waals surface area contributed by atoms with Crippen molar-refractivity contribution in [2.24, 2.45) is 0 Å². The van der Waals surface area contributed by atoms with Crippen LogP contribution in [-0.2, 0) is 0 Å². The molecule has 1 saturated heterocycles. The molecule has 1 unspecified atom stereocenters. The summed E-state index contributed by atoms with van der Waals surface area (Å²) in [5.74, 6) is 0. The number of nitrogens with zero attached hydrogens (tertiary/aromatic N) is 2. The Morgan fingerprint density at radius 3 is 2.95 bits per heavy atom. The fourth-order valence-electron chi connectivity index (χ4n) is 2.85. The zero-order valence-corrected chi connectivity index (χ0v) is 12.2. The molecule has 1 aromatic heterocycles. The van der Waals surface area contributed by atoms with Crippen molar-refractivity contribution in [1.82, 2.24) is 14.9 Å². The Hall–Kier alpha value is -2.08. The Labute approximate surface area is 123 Å². The minimum atomic E-state index is -0.163. The number of fused-ring (bicyclic) bond motifs is 1. The Balaban J connectivity index is 1.77. The van der Waals surface area contributed by atoms with E-state index in [-0.39, 0.29) is 5.56 Å². The molecule has 0 aliphatic carbocycles. The van der Waals surface area contributed by atoms with Gasteiger partial charge in [-0.15, -0.1) is 0 Å². The smallest absolute Gasteiger partial charge is 0.258 e. The summed E-state index contributed by atoms with van der Waals surface area (Å²) in [7, 11) is 0. The maximum absolute atomic E-state index is 11.7. The number of anilines is 2. The fourth-order valence-corrected chi connectivity index (χ4v) is 2.85. The van der Waals surface area contributed by atoms with E-state index < -0.39 is 0 Å². The van der Waals surface area contributed by atoms with E-state index in [1.165, 1.54) is 32.3 Å². The second-order valence-corrected chi connectivity index (χ2v) is 5.66. The molecule has 2 heterocycles. The Kier molecular flexibility index (Phi) is 3.79. The van der Waals surface area contributed by atoms with E-state index in [9.17, 15) is 4.79 Å². The van der Waals surface area contributed by atoms with Crippen LogP contribution in [0.4, 0.5) is 11.4 Å². The molecule has 0 bridgehead atoms. The Bertz CT molecular complexity index is 690. The first-order chi connectivity index (χ1) is 10.1. The molecule has 4 N–H and O–H groups in total. The predicted molar refractivity (Wildman–Crippen MR) is 85.5 cm³/mol. The number of aromatic nitrogens is 2. The van der Waals surface area contributed by atoms with Crippen molar-refractivity contribution in [2.45, 2.75) is 25.8 Å². The minimum absolute atomic E-state index is 0.163. The molecule has 6 heteroatoms. The third-order valence-corrected chi connectivity index (χ3v) is 4.16. The van der Waals surface area contributed by atoms with Crippen LogP contribution in [0.15, 0.2) is 23.3 Å². The minimum Gasteiger partial charge on any atom is -0.397 e. The number of hydrogen-bond donors (Lipinski definition) is 3. The molecule has 3 rings (SSSR count). The molecular weight excluding hydrogens is 266 g/mol. The second-order valence-electron chi connectivity index (χ2n) is 5.66. The number of hydrogen-bond acceptors (Lipinski definition) is 5. The van der Waals surface area contributed by atoms with E-state index in [1.54, 1.807) is 6.07 Å². The second kappa shape index (κ2) is 5.73. The van der Waals surface area contributed by atoms with Gasteiger partial charge in [0.1, 0.15) is 0 Å². The summed E-state index contributed by atoms with van der Waals surface area (Å²) in [4.78, 5) is 20.9. The molecule has 112 valence electrons. The summed E-state index contributed by atoms with van der Waals surface area (Å²) >= 11 is 0. The molecule has 0 radical (unpaired) electrons. The summed E-state index contributed by atoms with van der Waals surface area (Å²) in [6.45, 7) is 5.40. The van der Waals surface area contributed by atoms with Crippen molar-refractivity contribution in [3.8, 4) is 0 Å². The van der Waals surface area contributed by atoms with E-state index in [2.05, 4.69) is 27.1 Å². The summed E-state index contributed by atoms with van der Waals surface area (Å²) in [6, 6.07) is 4.00. The summed E-state index contributed by atoms with van der Waals surface area (Å²) < 4.78 is 0. The molecule has 0 spiro atoms. The lowest BCUT2D eigenvalue weighted by Gasteiger charge is -2.24. The average Bonchev–Trinajstić information content (AvgIpc) is 3.00. The number of nitrogens with one attached hydrogen (secondary N) is 2. The predicted octanol–water partition coefficient (Wildman–Crippen LogP) is 1.40. The van der Waals surface area contributed by atoms with Gasteiger partial charge < -0.3 is 16.0 Å². The van der Waals surface area contributed by atoms with Gasteiger partial charge in [0, 0.05) is 12.6 Å². The molecule has 1 aliphatic heterocycles.